The van der Waals surface area contributed by atoms with Crippen LogP contribution in [-0.4, -0.2) is 55.2 Å². The molecule has 8 heteroatoms. The summed E-state index contributed by atoms with van der Waals surface area (Å²) in [5, 5.41) is 11.4. The highest BCUT2D eigenvalue weighted by Crippen LogP contribution is 2.42. The third-order valence-corrected chi connectivity index (χ3v) is 5.29. The first-order valence-corrected chi connectivity index (χ1v) is 9.82. The zero-order valence-electron chi connectivity index (χ0n) is 16.3. The summed E-state index contributed by atoms with van der Waals surface area (Å²) in [7, 11) is 1.52. The van der Waals surface area contributed by atoms with Gasteiger partial charge >= 0.3 is 0 Å². The second-order valence-electron chi connectivity index (χ2n) is 6.90. The van der Waals surface area contributed by atoms with Crippen LogP contribution in [0.5, 0.6) is 11.5 Å². The summed E-state index contributed by atoms with van der Waals surface area (Å²) in [6.07, 6.45) is 0. The highest BCUT2D eigenvalue weighted by Gasteiger charge is 2.46. The molecule has 0 saturated carbocycles. The summed E-state index contributed by atoms with van der Waals surface area (Å²) in [4.78, 5) is 27.1. The first-order chi connectivity index (χ1) is 14.5. The van der Waals surface area contributed by atoms with Gasteiger partial charge in [0, 0.05) is 24.2 Å². The fourth-order valence-corrected chi connectivity index (χ4v) is 3.86. The van der Waals surface area contributed by atoms with Crippen LogP contribution in [0, 0.1) is 0 Å². The second kappa shape index (κ2) is 8.38. The van der Waals surface area contributed by atoms with Crippen LogP contribution in [0.15, 0.2) is 48.0 Å². The number of amides is 1. The van der Waals surface area contributed by atoms with Crippen molar-refractivity contribution in [1.82, 2.24) is 4.90 Å². The molecule has 0 bridgehead atoms. The second-order valence-corrected chi connectivity index (χ2v) is 7.34. The van der Waals surface area contributed by atoms with Crippen molar-refractivity contribution in [1.29, 1.82) is 0 Å². The van der Waals surface area contributed by atoms with Crippen molar-refractivity contribution in [3.8, 4) is 11.5 Å². The number of hydrogen-bond acceptors (Lipinski definition) is 6. The number of aliphatic hydroxyl groups excluding tert-OH is 1. The van der Waals surface area contributed by atoms with Gasteiger partial charge in [-0.2, -0.15) is 0 Å². The molecule has 2 aromatic carbocycles. The van der Waals surface area contributed by atoms with Gasteiger partial charge in [-0.15, -0.1) is 0 Å². The topological polar surface area (TPSA) is 85.3 Å². The van der Waals surface area contributed by atoms with E-state index in [0.717, 1.165) is 0 Å². The van der Waals surface area contributed by atoms with Crippen LogP contribution in [0.2, 0.25) is 5.02 Å². The zero-order valence-corrected chi connectivity index (χ0v) is 17.0. The lowest BCUT2D eigenvalue weighted by Crippen LogP contribution is -2.32. The smallest absolute Gasteiger partial charge is 0.295 e. The van der Waals surface area contributed by atoms with Crippen molar-refractivity contribution in [3.63, 3.8) is 0 Å². The van der Waals surface area contributed by atoms with Gasteiger partial charge in [0.15, 0.2) is 11.5 Å². The predicted molar refractivity (Wildman–Crippen MR) is 110 cm³/mol. The maximum Gasteiger partial charge on any atom is 0.295 e. The van der Waals surface area contributed by atoms with E-state index in [1.54, 1.807) is 42.5 Å². The Hall–Kier alpha value is -3.03. The van der Waals surface area contributed by atoms with E-state index in [0.29, 0.717) is 40.9 Å². The van der Waals surface area contributed by atoms with Crippen molar-refractivity contribution in [3.05, 3.63) is 64.2 Å². The van der Waals surface area contributed by atoms with Crippen LogP contribution in [0.1, 0.15) is 17.2 Å². The van der Waals surface area contributed by atoms with Crippen molar-refractivity contribution in [2.45, 2.75) is 6.04 Å². The number of ketones is 1. The Morgan fingerprint density at radius 1 is 1.17 bits per heavy atom. The van der Waals surface area contributed by atoms with Crippen LogP contribution in [0.25, 0.3) is 5.76 Å². The van der Waals surface area contributed by atoms with Crippen LogP contribution in [0.3, 0.4) is 0 Å². The summed E-state index contributed by atoms with van der Waals surface area (Å²) in [6, 6.07) is 10.9. The van der Waals surface area contributed by atoms with E-state index in [1.165, 1.54) is 12.0 Å². The number of Topliss-reactive ketones (excluding diaryl/α,β-unsaturated/α-hetero) is 1. The Balaban J connectivity index is 1.85. The normalized spacial score (nSPS) is 19.9. The number of hydrogen-bond donors (Lipinski definition) is 1. The van der Waals surface area contributed by atoms with Gasteiger partial charge in [0.2, 0.25) is 0 Å². The number of ether oxygens (including phenoxy) is 3. The summed E-state index contributed by atoms with van der Waals surface area (Å²) in [5.74, 6) is -0.623. The molecule has 2 aliphatic heterocycles. The van der Waals surface area contributed by atoms with Crippen LogP contribution < -0.4 is 9.47 Å². The molecule has 1 unspecified atom stereocenters. The monoisotopic (exact) mass is 429 g/mol. The summed E-state index contributed by atoms with van der Waals surface area (Å²) in [5.41, 5.74) is 0.975. The van der Waals surface area contributed by atoms with Crippen molar-refractivity contribution >= 4 is 29.1 Å². The summed E-state index contributed by atoms with van der Waals surface area (Å²) >= 11 is 6.05. The molecule has 1 N–H and O–H groups in total. The number of fused-ring (bicyclic) bond motifs is 1. The highest BCUT2D eigenvalue weighted by atomic mass is 35.5. The first-order valence-electron chi connectivity index (χ1n) is 9.44. The Morgan fingerprint density at radius 2 is 1.93 bits per heavy atom. The van der Waals surface area contributed by atoms with Crippen LogP contribution in [-0.2, 0) is 14.3 Å². The average Bonchev–Trinajstić information content (AvgIpc) is 3.01. The Kier molecular flexibility index (Phi) is 5.65. The standard InChI is InChI=1S/C22H20ClNO6/c1-28-8-7-24-19(13-5-6-16-17(12-13)30-10-9-29-16)18(21(26)22(24)27)20(25)14-3-2-4-15(23)11-14/h2-6,11-12,19,25H,7-10H2,1H3/b20-18-. The number of nitrogens with zero attached hydrogens (tertiary/aromatic N) is 1. The number of halogens is 1. The van der Waals surface area contributed by atoms with Gasteiger partial charge in [0.05, 0.1) is 18.2 Å². The molecular weight excluding hydrogens is 410 g/mol. The van der Waals surface area contributed by atoms with Gasteiger partial charge in [0.1, 0.15) is 19.0 Å². The minimum atomic E-state index is -0.796. The molecule has 0 spiro atoms. The maximum atomic E-state index is 12.9. The number of rotatable bonds is 5. The zero-order chi connectivity index (χ0) is 21.3. The van der Waals surface area contributed by atoms with E-state index < -0.39 is 17.7 Å². The lowest BCUT2D eigenvalue weighted by atomic mass is 9.95. The number of likely N-dealkylation sites (tertiary alicyclic amines) is 1. The Labute approximate surface area is 178 Å². The third kappa shape index (κ3) is 3.62. The molecule has 1 amide bonds. The van der Waals surface area contributed by atoms with Crippen molar-refractivity contribution in [2.75, 3.05) is 33.5 Å². The minimum absolute atomic E-state index is 0.00459. The number of carbonyl (C=O) groups excluding carboxylic acids is 2. The highest BCUT2D eigenvalue weighted by molar-refractivity contribution is 6.46. The quantitative estimate of drug-likeness (QED) is 0.446. The molecule has 2 heterocycles. The number of benzene rings is 2. The van der Waals surface area contributed by atoms with Crippen LogP contribution in [0.4, 0.5) is 0 Å². The lowest BCUT2D eigenvalue weighted by molar-refractivity contribution is -0.140. The first kappa shape index (κ1) is 20.3. The third-order valence-electron chi connectivity index (χ3n) is 5.06. The van der Waals surface area contributed by atoms with Gasteiger partial charge < -0.3 is 24.2 Å². The molecular formula is C22H20ClNO6. The van der Waals surface area contributed by atoms with Gasteiger partial charge in [0.25, 0.3) is 11.7 Å². The van der Waals surface area contributed by atoms with Gasteiger partial charge in [-0.3, -0.25) is 9.59 Å². The number of aliphatic hydroxyl groups is 1. The van der Waals surface area contributed by atoms with E-state index in [2.05, 4.69) is 0 Å². The molecule has 2 aromatic rings. The Morgan fingerprint density at radius 3 is 2.67 bits per heavy atom. The number of methoxy groups -OCH3 is 1. The molecule has 1 saturated heterocycles. The summed E-state index contributed by atoms with van der Waals surface area (Å²) in [6.45, 7) is 1.29. The lowest BCUT2D eigenvalue weighted by Gasteiger charge is -2.26. The molecule has 0 aromatic heterocycles. The molecule has 156 valence electrons. The van der Waals surface area contributed by atoms with E-state index in [4.69, 9.17) is 25.8 Å². The van der Waals surface area contributed by atoms with Crippen molar-refractivity contribution < 1.29 is 28.9 Å². The minimum Gasteiger partial charge on any atom is -0.507 e. The van der Waals surface area contributed by atoms with Gasteiger partial charge in [-0.25, -0.2) is 0 Å². The Bertz CT molecular complexity index is 1030. The van der Waals surface area contributed by atoms with Gasteiger partial charge in [-0.1, -0.05) is 29.8 Å². The SMILES string of the molecule is COCCN1C(=O)C(=O)/C(=C(\O)c2cccc(Cl)c2)C1c1ccc2c(c1)OCCO2. The van der Waals surface area contributed by atoms with E-state index >= 15 is 0 Å². The predicted octanol–water partition coefficient (Wildman–Crippen LogP) is 3.18. The van der Waals surface area contributed by atoms with E-state index in [9.17, 15) is 14.7 Å². The molecule has 1 fully saturated rings. The fraction of sp³-hybridized carbons (Fsp3) is 0.273. The van der Waals surface area contributed by atoms with Gasteiger partial charge in [-0.05, 0) is 29.8 Å². The average molecular weight is 430 g/mol. The molecule has 2 aliphatic rings. The fourth-order valence-electron chi connectivity index (χ4n) is 3.67. The van der Waals surface area contributed by atoms with E-state index in [1.807, 2.05) is 0 Å². The van der Waals surface area contributed by atoms with E-state index in [-0.39, 0.29) is 24.5 Å². The maximum absolute atomic E-state index is 12.9. The molecule has 4 rings (SSSR count). The molecule has 30 heavy (non-hydrogen) atoms. The molecule has 0 radical (unpaired) electrons. The van der Waals surface area contributed by atoms with Crippen molar-refractivity contribution in [2.24, 2.45) is 0 Å². The number of carbonyl (C=O) groups is 2. The summed E-state index contributed by atoms with van der Waals surface area (Å²) < 4.78 is 16.3. The largest absolute Gasteiger partial charge is 0.507 e. The molecule has 0 aliphatic carbocycles. The molecule has 1 atom stereocenters. The van der Waals surface area contributed by atoms with Crippen LogP contribution >= 0.6 is 11.6 Å². The molecule has 7 nitrogen and oxygen atoms in total.